The molecule has 0 saturated carbocycles. The smallest absolute Gasteiger partial charge is 0.315 e. The van der Waals surface area contributed by atoms with E-state index >= 15 is 0 Å². The zero-order chi connectivity index (χ0) is 16.8. The van der Waals surface area contributed by atoms with Crippen LogP contribution in [-0.2, 0) is 11.2 Å². The van der Waals surface area contributed by atoms with Crippen molar-refractivity contribution < 1.29 is 14.1 Å². The molecule has 1 fully saturated rings. The van der Waals surface area contributed by atoms with Gasteiger partial charge in [-0.3, -0.25) is 0 Å². The lowest BCUT2D eigenvalue weighted by Gasteiger charge is -2.30. The molecule has 128 valence electrons. The van der Waals surface area contributed by atoms with E-state index in [2.05, 4.69) is 32.9 Å². The minimum absolute atomic E-state index is 0.0339. The Balaban J connectivity index is 1.42. The first-order valence-corrected chi connectivity index (χ1v) is 8.21. The zero-order valence-corrected chi connectivity index (χ0v) is 13.7. The van der Waals surface area contributed by atoms with Crippen LogP contribution in [0.1, 0.15) is 36.2 Å². The second-order valence-electron chi connectivity index (χ2n) is 5.88. The highest BCUT2D eigenvalue weighted by atomic mass is 16.5. The molecule has 3 rings (SSSR count). The summed E-state index contributed by atoms with van der Waals surface area (Å²) in [5.74, 6) is 1.13. The lowest BCUT2D eigenvalue weighted by molar-refractivity contribution is 0.00227. The maximum atomic E-state index is 12.0. The van der Waals surface area contributed by atoms with Crippen LogP contribution in [0.4, 0.5) is 4.79 Å². The number of benzene rings is 1. The number of hydrogen-bond donors (Lipinski definition) is 2. The Morgan fingerprint density at radius 2 is 2.17 bits per heavy atom. The first-order chi connectivity index (χ1) is 11.7. The molecular formula is C17H22N4O3. The number of nitrogens with one attached hydrogen (secondary N) is 2. The van der Waals surface area contributed by atoms with E-state index < -0.39 is 0 Å². The van der Waals surface area contributed by atoms with Crippen LogP contribution in [0.3, 0.4) is 0 Å². The molecule has 1 aromatic carbocycles. The largest absolute Gasteiger partial charge is 0.373 e. The molecule has 1 saturated heterocycles. The van der Waals surface area contributed by atoms with Crippen molar-refractivity contribution in [1.29, 1.82) is 0 Å². The minimum atomic E-state index is -0.176. The van der Waals surface area contributed by atoms with E-state index in [4.69, 9.17) is 9.26 Å². The third kappa shape index (κ3) is 4.55. The molecule has 0 radical (unpaired) electrons. The number of rotatable bonds is 5. The van der Waals surface area contributed by atoms with Gasteiger partial charge in [0.1, 0.15) is 0 Å². The van der Waals surface area contributed by atoms with Crippen LogP contribution < -0.4 is 10.6 Å². The lowest BCUT2D eigenvalue weighted by atomic mass is 9.97. The molecule has 24 heavy (non-hydrogen) atoms. The molecule has 0 bridgehead atoms. The summed E-state index contributed by atoms with van der Waals surface area (Å²) in [5.41, 5.74) is 1.15. The van der Waals surface area contributed by atoms with E-state index in [9.17, 15) is 4.79 Å². The average Bonchev–Trinajstić information content (AvgIpc) is 3.01. The zero-order valence-electron chi connectivity index (χ0n) is 13.7. The maximum Gasteiger partial charge on any atom is 0.315 e. The molecule has 0 aliphatic carbocycles. The summed E-state index contributed by atoms with van der Waals surface area (Å²) in [6.45, 7) is 2.87. The van der Waals surface area contributed by atoms with E-state index in [1.165, 1.54) is 0 Å². The molecule has 7 nitrogen and oxygen atoms in total. The number of amides is 2. The fourth-order valence-corrected chi connectivity index (χ4v) is 2.79. The fourth-order valence-electron chi connectivity index (χ4n) is 2.79. The number of aromatic nitrogens is 2. The Labute approximate surface area is 140 Å². The van der Waals surface area contributed by atoms with Gasteiger partial charge >= 0.3 is 6.03 Å². The summed E-state index contributed by atoms with van der Waals surface area (Å²) in [7, 11) is 0. The van der Waals surface area contributed by atoms with Crippen molar-refractivity contribution >= 4 is 6.03 Å². The highest BCUT2D eigenvalue weighted by molar-refractivity contribution is 5.74. The van der Waals surface area contributed by atoms with Gasteiger partial charge in [0, 0.05) is 25.6 Å². The maximum absolute atomic E-state index is 12.0. The van der Waals surface area contributed by atoms with E-state index in [-0.39, 0.29) is 18.2 Å². The van der Waals surface area contributed by atoms with Crippen LogP contribution in [0, 0.1) is 6.92 Å². The number of ether oxygens (including phenoxy) is 1. The van der Waals surface area contributed by atoms with E-state index in [1.54, 1.807) is 6.92 Å². The van der Waals surface area contributed by atoms with Gasteiger partial charge in [-0.1, -0.05) is 35.5 Å². The van der Waals surface area contributed by atoms with Crippen molar-refractivity contribution in [3.8, 4) is 0 Å². The van der Waals surface area contributed by atoms with Gasteiger partial charge in [-0.2, -0.15) is 4.98 Å². The first kappa shape index (κ1) is 16.4. The second kappa shape index (κ2) is 7.92. The van der Waals surface area contributed by atoms with Crippen LogP contribution in [0.2, 0.25) is 0 Å². The normalized spacial score (nSPS) is 20.5. The van der Waals surface area contributed by atoms with Gasteiger partial charge in [-0.05, 0) is 25.3 Å². The van der Waals surface area contributed by atoms with E-state index in [1.807, 2.05) is 18.2 Å². The Hall–Kier alpha value is -2.41. The standard InChI is InChI=1S/C17H22N4O3/c1-12-19-16(24-21-12)7-9-18-17(22)20-14-8-10-23-15(11-14)13-5-3-2-4-6-13/h2-6,14-15H,7-11H2,1H3,(H2,18,20,22). The van der Waals surface area contributed by atoms with Gasteiger partial charge in [0.2, 0.25) is 5.89 Å². The molecule has 0 spiro atoms. The van der Waals surface area contributed by atoms with Gasteiger partial charge in [0.25, 0.3) is 0 Å². The summed E-state index contributed by atoms with van der Waals surface area (Å²) in [5, 5.41) is 9.55. The Kier molecular flexibility index (Phi) is 5.43. The summed E-state index contributed by atoms with van der Waals surface area (Å²) < 4.78 is 10.8. The Morgan fingerprint density at radius 1 is 1.33 bits per heavy atom. The second-order valence-corrected chi connectivity index (χ2v) is 5.88. The summed E-state index contributed by atoms with van der Waals surface area (Å²) in [6, 6.07) is 10.0. The quantitative estimate of drug-likeness (QED) is 0.877. The van der Waals surface area contributed by atoms with Crippen molar-refractivity contribution in [3.63, 3.8) is 0 Å². The number of urea groups is 1. The third-order valence-corrected chi connectivity index (χ3v) is 3.98. The number of carbonyl (C=O) groups excluding carboxylic acids is 1. The fraction of sp³-hybridized carbons (Fsp3) is 0.471. The monoisotopic (exact) mass is 330 g/mol. The van der Waals surface area contributed by atoms with Crippen molar-refractivity contribution in [2.45, 2.75) is 38.3 Å². The Morgan fingerprint density at radius 3 is 2.92 bits per heavy atom. The summed E-state index contributed by atoms with van der Waals surface area (Å²) in [6.07, 6.45) is 2.15. The van der Waals surface area contributed by atoms with Gasteiger partial charge in [-0.15, -0.1) is 0 Å². The average molecular weight is 330 g/mol. The Bertz CT molecular complexity index is 659. The molecule has 1 aliphatic heterocycles. The third-order valence-electron chi connectivity index (χ3n) is 3.98. The number of hydrogen-bond acceptors (Lipinski definition) is 5. The SMILES string of the molecule is Cc1noc(CCNC(=O)NC2CCOC(c3ccccc3)C2)n1. The number of carbonyl (C=O) groups is 1. The summed E-state index contributed by atoms with van der Waals surface area (Å²) >= 11 is 0. The molecular weight excluding hydrogens is 308 g/mol. The van der Waals surface area contributed by atoms with Gasteiger partial charge in [-0.25, -0.2) is 4.79 Å². The molecule has 1 aliphatic rings. The van der Waals surface area contributed by atoms with Crippen LogP contribution in [0.5, 0.6) is 0 Å². The van der Waals surface area contributed by atoms with Crippen LogP contribution in [-0.4, -0.2) is 35.4 Å². The number of aryl methyl sites for hydroxylation is 1. The van der Waals surface area contributed by atoms with Gasteiger partial charge < -0.3 is 19.9 Å². The van der Waals surface area contributed by atoms with Crippen LogP contribution in [0.15, 0.2) is 34.9 Å². The van der Waals surface area contributed by atoms with Crippen molar-refractivity contribution in [2.75, 3.05) is 13.2 Å². The first-order valence-electron chi connectivity index (χ1n) is 8.21. The van der Waals surface area contributed by atoms with Crippen molar-refractivity contribution in [1.82, 2.24) is 20.8 Å². The van der Waals surface area contributed by atoms with Gasteiger partial charge in [0.05, 0.1) is 6.10 Å². The van der Waals surface area contributed by atoms with Crippen LogP contribution >= 0.6 is 0 Å². The van der Waals surface area contributed by atoms with Crippen molar-refractivity contribution in [3.05, 3.63) is 47.6 Å². The predicted molar refractivity (Wildman–Crippen MR) is 87.4 cm³/mol. The molecule has 7 heteroatoms. The van der Waals surface area contributed by atoms with E-state index in [0.717, 1.165) is 18.4 Å². The predicted octanol–water partition coefficient (Wildman–Crippen LogP) is 2.14. The molecule has 1 aromatic heterocycles. The van der Waals surface area contributed by atoms with Gasteiger partial charge in [0.15, 0.2) is 5.82 Å². The molecule has 2 atom stereocenters. The molecule has 2 heterocycles. The van der Waals surface area contributed by atoms with E-state index in [0.29, 0.717) is 31.3 Å². The minimum Gasteiger partial charge on any atom is -0.373 e. The molecule has 2 unspecified atom stereocenters. The highest BCUT2D eigenvalue weighted by Crippen LogP contribution is 2.27. The number of nitrogens with zero attached hydrogens (tertiary/aromatic N) is 2. The topological polar surface area (TPSA) is 89.3 Å². The van der Waals surface area contributed by atoms with Crippen molar-refractivity contribution in [2.24, 2.45) is 0 Å². The summed E-state index contributed by atoms with van der Waals surface area (Å²) in [4.78, 5) is 16.1. The molecule has 2 amide bonds. The van der Waals surface area contributed by atoms with Crippen LogP contribution in [0.25, 0.3) is 0 Å². The molecule has 2 aromatic rings. The lowest BCUT2D eigenvalue weighted by Crippen LogP contribution is -2.45. The highest BCUT2D eigenvalue weighted by Gasteiger charge is 2.24. The molecule has 2 N–H and O–H groups in total.